The number of ether oxygens (including phenoxy) is 1. The molecule has 0 saturated heterocycles. The Bertz CT molecular complexity index is 985. The predicted octanol–water partition coefficient (Wildman–Crippen LogP) is 3.03. The molecule has 1 aliphatic rings. The van der Waals surface area contributed by atoms with E-state index in [1.54, 1.807) is 24.3 Å². The van der Waals surface area contributed by atoms with Gasteiger partial charge in [0.15, 0.2) is 6.61 Å². The summed E-state index contributed by atoms with van der Waals surface area (Å²) in [5.74, 6) is -2.20. The van der Waals surface area contributed by atoms with Gasteiger partial charge in [-0.1, -0.05) is 22.0 Å². The van der Waals surface area contributed by atoms with Crippen molar-refractivity contribution in [3.05, 3.63) is 76.3 Å². The van der Waals surface area contributed by atoms with Crippen LogP contribution in [0.2, 0.25) is 0 Å². The third kappa shape index (κ3) is 4.01. The number of benzene rings is 2. The van der Waals surface area contributed by atoms with E-state index in [1.165, 1.54) is 24.3 Å². The van der Waals surface area contributed by atoms with E-state index in [4.69, 9.17) is 4.74 Å². The second kappa shape index (κ2) is 8.18. The van der Waals surface area contributed by atoms with E-state index in [0.29, 0.717) is 5.69 Å². The number of nitrogens with one attached hydrogen (secondary N) is 1. The average Bonchev–Trinajstić information content (AvgIpc) is 2.92. The summed E-state index contributed by atoms with van der Waals surface area (Å²) in [5, 5.41) is 2.60. The molecule has 0 atom stereocenters. The number of carbonyl (C=O) groups excluding carboxylic acids is 4. The molecule has 1 N–H and O–H groups in total. The molecule has 3 amide bonds. The fraction of sp³-hybridized carbons (Fsp3) is 0.100. The largest absolute Gasteiger partial charge is 0.452 e. The number of halogens is 1. The van der Waals surface area contributed by atoms with Crippen LogP contribution in [0.5, 0.6) is 0 Å². The number of amides is 3. The van der Waals surface area contributed by atoms with E-state index >= 15 is 0 Å². The van der Waals surface area contributed by atoms with E-state index in [1.807, 2.05) is 0 Å². The predicted molar refractivity (Wildman–Crippen MR) is 105 cm³/mol. The van der Waals surface area contributed by atoms with E-state index in [0.717, 1.165) is 9.37 Å². The maximum atomic E-state index is 12.3. The van der Waals surface area contributed by atoms with Crippen LogP contribution in [0.15, 0.2) is 59.6 Å². The molecule has 0 spiro atoms. The third-order valence-corrected chi connectivity index (χ3v) is 4.51. The van der Waals surface area contributed by atoms with Gasteiger partial charge in [0.2, 0.25) is 0 Å². The summed E-state index contributed by atoms with van der Waals surface area (Å²) in [6.07, 6.45) is 1.45. The molecule has 2 aromatic carbocycles. The van der Waals surface area contributed by atoms with E-state index in [9.17, 15) is 19.2 Å². The van der Waals surface area contributed by atoms with Gasteiger partial charge in [0, 0.05) is 16.7 Å². The Labute approximate surface area is 169 Å². The molecule has 8 heteroatoms. The Morgan fingerprint density at radius 2 is 1.75 bits per heavy atom. The molecule has 0 bridgehead atoms. The quantitative estimate of drug-likeness (QED) is 0.421. The number of hydrogen-bond donors (Lipinski definition) is 1. The number of carbonyl (C=O) groups is 4. The fourth-order valence-electron chi connectivity index (χ4n) is 2.66. The second-order valence-electron chi connectivity index (χ2n) is 5.90. The van der Waals surface area contributed by atoms with E-state index < -0.39 is 30.3 Å². The van der Waals surface area contributed by atoms with Crippen molar-refractivity contribution >= 4 is 45.3 Å². The molecule has 142 valence electrons. The number of imide groups is 1. The zero-order chi connectivity index (χ0) is 20.3. The minimum absolute atomic E-state index is 0.0804. The first-order valence-electron chi connectivity index (χ1n) is 8.24. The maximum absolute atomic E-state index is 12.3. The van der Waals surface area contributed by atoms with Gasteiger partial charge in [0.1, 0.15) is 0 Å². The number of nitrogens with zero attached hydrogens (tertiary/aromatic N) is 1. The minimum atomic E-state index is -0.767. The van der Waals surface area contributed by atoms with Crippen LogP contribution in [0.4, 0.5) is 5.69 Å². The van der Waals surface area contributed by atoms with Crippen LogP contribution in [-0.4, -0.2) is 41.7 Å². The topological polar surface area (TPSA) is 92.8 Å². The molecule has 0 aromatic heterocycles. The average molecular weight is 443 g/mol. The molecule has 2 aromatic rings. The van der Waals surface area contributed by atoms with Gasteiger partial charge in [-0.05, 0) is 42.5 Å². The normalized spacial score (nSPS) is 12.5. The van der Waals surface area contributed by atoms with Gasteiger partial charge in [-0.15, -0.1) is 6.58 Å². The number of fused-ring (bicyclic) bond motifs is 1. The standard InChI is InChI=1S/C20H15BrN2O5/c1-2-9-23-18(25)15-8-3-12(10-16(15)19(23)26)20(27)28-11-17(24)22-14-6-4-13(21)5-7-14/h2-8,10H,1,9,11H2,(H,22,24). The highest BCUT2D eigenvalue weighted by molar-refractivity contribution is 9.10. The monoisotopic (exact) mass is 442 g/mol. The number of rotatable bonds is 6. The van der Waals surface area contributed by atoms with Crippen molar-refractivity contribution in [3.63, 3.8) is 0 Å². The van der Waals surface area contributed by atoms with Crippen molar-refractivity contribution in [2.45, 2.75) is 0 Å². The lowest BCUT2D eigenvalue weighted by atomic mass is 10.1. The number of esters is 1. The lowest BCUT2D eigenvalue weighted by molar-refractivity contribution is -0.119. The summed E-state index contributed by atoms with van der Waals surface area (Å²) in [5.41, 5.74) is 0.988. The molecular weight excluding hydrogens is 428 g/mol. The highest BCUT2D eigenvalue weighted by Gasteiger charge is 2.35. The highest BCUT2D eigenvalue weighted by Crippen LogP contribution is 2.24. The van der Waals surface area contributed by atoms with E-state index in [2.05, 4.69) is 27.8 Å². The van der Waals surface area contributed by atoms with Crippen molar-refractivity contribution in [2.75, 3.05) is 18.5 Å². The second-order valence-corrected chi connectivity index (χ2v) is 6.82. The lowest BCUT2D eigenvalue weighted by Gasteiger charge is -2.09. The van der Waals surface area contributed by atoms with Gasteiger partial charge in [0.25, 0.3) is 17.7 Å². The Kier molecular flexibility index (Phi) is 5.70. The zero-order valence-electron chi connectivity index (χ0n) is 14.6. The molecule has 3 rings (SSSR count). The van der Waals surface area contributed by atoms with Crippen molar-refractivity contribution in [1.29, 1.82) is 0 Å². The van der Waals surface area contributed by atoms with Crippen molar-refractivity contribution in [2.24, 2.45) is 0 Å². The highest BCUT2D eigenvalue weighted by atomic mass is 79.9. The molecule has 28 heavy (non-hydrogen) atoms. The Morgan fingerprint density at radius 3 is 2.43 bits per heavy atom. The van der Waals surface area contributed by atoms with Gasteiger partial charge in [-0.2, -0.15) is 0 Å². The fourth-order valence-corrected chi connectivity index (χ4v) is 2.92. The van der Waals surface area contributed by atoms with Crippen LogP contribution in [0, 0.1) is 0 Å². The molecule has 0 radical (unpaired) electrons. The summed E-state index contributed by atoms with van der Waals surface area (Å²) >= 11 is 3.29. The van der Waals surface area contributed by atoms with Crippen LogP contribution in [0.3, 0.4) is 0 Å². The Balaban J connectivity index is 1.63. The van der Waals surface area contributed by atoms with Gasteiger partial charge in [-0.25, -0.2) is 4.79 Å². The Hall–Kier alpha value is -3.26. The maximum Gasteiger partial charge on any atom is 0.338 e. The summed E-state index contributed by atoms with van der Waals surface area (Å²) in [4.78, 5) is 49.6. The molecule has 0 unspecified atom stereocenters. The van der Waals surface area contributed by atoms with Crippen molar-refractivity contribution in [1.82, 2.24) is 4.90 Å². The van der Waals surface area contributed by atoms with Crippen molar-refractivity contribution < 1.29 is 23.9 Å². The van der Waals surface area contributed by atoms with Gasteiger partial charge in [-0.3, -0.25) is 19.3 Å². The van der Waals surface area contributed by atoms with Crippen LogP contribution in [0.25, 0.3) is 0 Å². The molecule has 7 nitrogen and oxygen atoms in total. The number of hydrogen-bond acceptors (Lipinski definition) is 5. The van der Waals surface area contributed by atoms with Gasteiger partial charge >= 0.3 is 5.97 Å². The van der Waals surface area contributed by atoms with Gasteiger partial charge < -0.3 is 10.1 Å². The van der Waals surface area contributed by atoms with Crippen LogP contribution in [-0.2, 0) is 9.53 Å². The first-order chi connectivity index (χ1) is 13.4. The van der Waals surface area contributed by atoms with Crippen molar-refractivity contribution in [3.8, 4) is 0 Å². The SMILES string of the molecule is C=CCN1C(=O)c2ccc(C(=O)OCC(=O)Nc3ccc(Br)cc3)cc2C1=O. The first kappa shape index (κ1) is 19.5. The van der Waals surface area contributed by atoms with Crippen LogP contribution < -0.4 is 5.32 Å². The first-order valence-corrected chi connectivity index (χ1v) is 9.03. The molecule has 0 aliphatic carbocycles. The van der Waals surface area contributed by atoms with Crippen LogP contribution >= 0.6 is 15.9 Å². The molecule has 0 fully saturated rings. The summed E-state index contributed by atoms with van der Waals surface area (Å²) in [6, 6.07) is 11.0. The molecule has 0 saturated carbocycles. The number of anilines is 1. The Morgan fingerprint density at radius 1 is 1.07 bits per heavy atom. The third-order valence-electron chi connectivity index (χ3n) is 3.98. The summed E-state index contributed by atoms with van der Waals surface area (Å²) < 4.78 is 5.86. The summed E-state index contributed by atoms with van der Waals surface area (Å²) in [7, 11) is 0. The molecule has 1 aliphatic heterocycles. The van der Waals surface area contributed by atoms with E-state index in [-0.39, 0.29) is 23.2 Å². The smallest absolute Gasteiger partial charge is 0.338 e. The van der Waals surface area contributed by atoms with Gasteiger partial charge in [0.05, 0.1) is 16.7 Å². The zero-order valence-corrected chi connectivity index (χ0v) is 16.2. The summed E-state index contributed by atoms with van der Waals surface area (Å²) in [6.45, 7) is 3.12. The van der Waals surface area contributed by atoms with Crippen LogP contribution in [0.1, 0.15) is 31.1 Å². The molecule has 1 heterocycles. The minimum Gasteiger partial charge on any atom is -0.452 e. The lowest BCUT2D eigenvalue weighted by Crippen LogP contribution is -2.29. The molecular formula is C20H15BrN2O5.